The lowest BCUT2D eigenvalue weighted by molar-refractivity contribution is -0.137. The lowest BCUT2D eigenvalue weighted by atomic mass is 9.74. The van der Waals surface area contributed by atoms with Gasteiger partial charge in [0.2, 0.25) is 0 Å². The number of piperidine rings is 1. The first-order valence-electron chi connectivity index (χ1n) is 13.5. The van der Waals surface area contributed by atoms with Crippen LogP contribution in [0.5, 0.6) is 11.5 Å². The zero-order chi connectivity index (χ0) is 27.2. The molecule has 1 saturated heterocycles. The summed E-state index contributed by atoms with van der Waals surface area (Å²) in [5.74, 6) is 6.23. The van der Waals surface area contributed by atoms with Crippen LogP contribution >= 0.6 is 0 Å². The van der Waals surface area contributed by atoms with Gasteiger partial charge in [-0.15, -0.1) is 5.92 Å². The third-order valence-electron chi connectivity index (χ3n) is 7.96. The predicted octanol–water partition coefficient (Wildman–Crippen LogP) is 6.42. The standard InChI is InChI=1S/C34H35NO4/c1-3-6-28(22-33(36)37)26-11-13-30(14-12-26)39-24-25-9-10-29(32(21-25)38-2)23-35-19-17-34(18-20-35)16-15-27-7-4-5-8-31(27)34/h4-5,7-16,21,28H,17-20,22-24H2,1-2H3,(H,36,37). The Hall–Kier alpha value is -4.01. The Kier molecular flexibility index (Phi) is 8.05. The van der Waals surface area contributed by atoms with Crippen molar-refractivity contribution in [2.75, 3.05) is 20.2 Å². The van der Waals surface area contributed by atoms with Crippen molar-refractivity contribution in [2.24, 2.45) is 0 Å². The van der Waals surface area contributed by atoms with Gasteiger partial charge < -0.3 is 14.6 Å². The Morgan fingerprint density at radius 2 is 1.85 bits per heavy atom. The Balaban J connectivity index is 1.17. The molecule has 5 rings (SSSR count). The fraction of sp³-hybridized carbons (Fsp3) is 0.324. The average molecular weight is 522 g/mol. The lowest BCUT2D eigenvalue weighted by Gasteiger charge is -2.39. The number of rotatable bonds is 9. The molecule has 3 aromatic carbocycles. The molecule has 2 aliphatic rings. The highest BCUT2D eigenvalue weighted by Gasteiger charge is 2.37. The van der Waals surface area contributed by atoms with E-state index in [0.717, 1.165) is 55.1 Å². The van der Waals surface area contributed by atoms with Gasteiger partial charge in [0.05, 0.1) is 19.4 Å². The summed E-state index contributed by atoms with van der Waals surface area (Å²) in [6.45, 7) is 5.12. The van der Waals surface area contributed by atoms with Gasteiger partial charge in [-0.2, -0.15) is 0 Å². The van der Waals surface area contributed by atoms with Crippen LogP contribution in [0, 0.1) is 11.8 Å². The lowest BCUT2D eigenvalue weighted by Crippen LogP contribution is -2.40. The first-order valence-corrected chi connectivity index (χ1v) is 13.5. The van der Waals surface area contributed by atoms with E-state index < -0.39 is 5.97 Å². The summed E-state index contributed by atoms with van der Waals surface area (Å²) in [6, 6.07) is 22.6. The molecule has 0 saturated carbocycles. The van der Waals surface area contributed by atoms with E-state index in [0.29, 0.717) is 6.61 Å². The second-order valence-corrected chi connectivity index (χ2v) is 10.4. The largest absolute Gasteiger partial charge is 0.496 e. The zero-order valence-corrected chi connectivity index (χ0v) is 22.7. The van der Waals surface area contributed by atoms with Crippen molar-refractivity contribution in [1.82, 2.24) is 4.90 Å². The molecule has 1 N–H and O–H groups in total. The van der Waals surface area contributed by atoms with Gasteiger partial charge in [0.1, 0.15) is 18.1 Å². The molecule has 3 aromatic rings. The molecule has 5 nitrogen and oxygen atoms in total. The van der Waals surface area contributed by atoms with Crippen molar-refractivity contribution in [3.8, 4) is 23.3 Å². The molecule has 5 heteroatoms. The summed E-state index contributed by atoms with van der Waals surface area (Å²) in [7, 11) is 1.72. The molecule has 0 radical (unpaired) electrons. The molecule has 200 valence electrons. The quantitative estimate of drug-likeness (QED) is 0.330. The molecule has 1 unspecified atom stereocenters. The van der Waals surface area contributed by atoms with E-state index in [2.05, 4.69) is 71.4 Å². The second kappa shape index (κ2) is 11.8. The smallest absolute Gasteiger partial charge is 0.304 e. The monoisotopic (exact) mass is 521 g/mol. The molecule has 0 amide bonds. The average Bonchev–Trinajstić information content (AvgIpc) is 3.31. The van der Waals surface area contributed by atoms with Crippen LogP contribution in [0.25, 0.3) is 6.08 Å². The number of aliphatic carboxylic acids is 1. The maximum absolute atomic E-state index is 11.2. The summed E-state index contributed by atoms with van der Waals surface area (Å²) in [6.07, 6.45) is 6.97. The Morgan fingerprint density at radius 3 is 2.56 bits per heavy atom. The summed E-state index contributed by atoms with van der Waals surface area (Å²) in [4.78, 5) is 13.7. The first-order chi connectivity index (χ1) is 19.0. The van der Waals surface area contributed by atoms with Crippen LogP contribution in [0.15, 0.2) is 72.8 Å². The fourth-order valence-electron chi connectivity index (χ4n) is 5.80. The fourth-order valence-corrected chi connectivity index (χ4v) is 5.80. The number of carbonyl (C=O) groups is 1. The van der Waals surface area contributed by atoms with E-state index in [-0.39, 0.29) is 17.8 Å². The SMILES string of the molecule is CC#CC(CC(=O)O)c1ccc(OCc2ccc(CN3CCC4(C=Cc5ccccc54)CC3)c(OC)c2)cc1. The number of allylic oxidation sites excluding steroid dienone is 1. The molecule has 1 aliphatic heterocycles. The zero-order valence-electron chi connectivity index (χ0n) is 22.7. The number of hydrogen-bond acceptors (Lipinski definition) is 4. The van der Waals surface area contributed by atoms with Crippen LogP contribution in [-0.4, -0.2) is 36.2 Å². The van der Waals surface area contributed by atoms with Gasteiger partial charge in [-0.25, -0.2) is 0 Å². The normalized spacial score (nSPS) is 16.3. The molecule has 0 aromatic heterocycles. The summed E-state index contributed by atoms with van der Waals surface area (Å²) in [5, 5.41) is 9.16. The number of ether oxygens (including phenoxy) is 2. The van der Waals surface area contributed by atoms with Gasteiger partial charge in [-0.05, 0) is 73.3 Å². The van der Waals surface area contributed by atoms with Crippen molar-refractivity contribution in [2.45, 2.75) is 50.7 Å². The van der Waals surface area contributed by atoms with Crippen LogP contribution in [0.4, 0.5) is 0 Å². The molecule has 1 heterocycles. The van der Waals surface area contributed by atoms with Crippen LogP contribution in [-0.2, 0) is 23.4 Å². The van der Waals surface area contributed by atoms with E-state index in [9.17, 15) is 4.79 Å². The molecular formula is C34H35NO4. The van der Waals surface area contributed by atoms with E-state index >= 15 is 0 Å². The number of nitrogens with zero attached hydrogens (tertiary/aromatic N) is 1. The summed E-state index contributed by atoms with van der Waals surface area (Å²) < 4.78 is 11.8. The molecule has 1 spiro atoms. The van der Waals surface area contributed by atoms with Crippen molar-refractivity contribution in [1.29, 1.82) is 0 Å². The van der Waals surface area contributed by atoms with E-state index in [1.165, 1.54) is 16.7 Å². The topological polar surface area (TPSA) is 59.0 Å². The van der Waals surface area contributed by atoms with Crippen LogP contribution in [0.2, 0.25) is 0 Å². The maximum atomic E-state index is 11.2. The van der Waals surface area contributed by atoms with Crippen LogP contribution in [0.3, 0.4) is 0 Å². The second-order valence-electron chi connectivity index (χ2n) is 10.4. The molecule has 1 aliphatic carbocycles. The van der Waals surface area contributed by atoms with Gasteiger partial charge in [0.15, 0.2) is 0 Å². The van der Waals surface area contributed by atoms with Gasteiger partial charge in [-0.1, -0.05) is 66.6 Å². The summed E-state index contributed by atoms with van der Waals surface area (Å²) >= 11 is 0. The van der Waals surface area contributed by atoms with Gasteiger partial charge in [0, 0.05) is 17.5 Å². The number of benzene rings is 3. The Labute approximate surface area is 231 Å². The third-order valence-corrected chi connectivity index (χ3v) is 7.96. The van der Waals surface area contributed by atoms with Gasteiger partial charge >= 0.3 is 5.97 Å². The Bertz CT molecular complexity index is 1410. The van der Waals surface area contributed by atoms with Gasteiger partial charge in [0.25, 0.3) is 0 Å². The number of carboxylic acid groups (broad SMARTS) is 1. The molecular weight excluding hydrogens is 486 g/mol. The van der Waals surface area contributed by atoms with E-state index in [4.69, 9.17) is 14.6 Å². The maximum Gasteiger partial charge on any atom is 0.304 e. The van der Waals surface area contributed by atoms with E-state index in [1.807, 2.05) is 24.3 Å². The minimum Gasteiger partial charge on any atom is -0.496 e. The van der Waals surface area contributed by atoms with E-state index in [1.54, 1.807) is 14.0 Å². The number of fused-ring (bicyclic) bond motifs is 2. The highest BCUT2D eigenvalue weighted by molar-refractivity contribution is 5.69. The predicted molar refractivity (Wildman–Crippen MR) is 154 cm³/mol. The number of methoxy groups -OCH3 is 1. The minimum absolute atomic E-state index is 0.0174. The molecule has 39 heavy (non-hydrogen) atoms. The van der Waals surface area contributed by atoms with Crippen molar-refractivity contribution >= 4 is 12.0 Å². The molecule has 1 atom stereocenters. The Morgan fingerprint density at radius 1 is 1.08 bits per heavy atom. The third kappa shape index (κ3) is 6.02. The van der Waals surface area contributed by atoms with Crippen LogP contribution in [0.1, 0.15) is 59.9 Å². The highest BCUT2D eigenvalue weighted by atomic mass is 16.5. The first kappa shape index (κ1) is 26.6. The minimum atomic E-state index is -0.860. The van der Waals surface area contributed by atoms with Crippen LogP contribution < -0.4 is 9.47 Å². The summed E-state index contributed by atoms with van der Waals surface area (Å²) in [5.41, 5.74) is 6.14. The molecule has 1 fully saturated rings. The molecule has 0 bridgehead atoms. The number of carboxylic acids is 1. The highest BCUT2D eigenvalue weighted by Crippen LogP contribution is 2.44. The number of likely N-dealkylation sites (tertiary alicyclic amines) is 1. The van der Waals surface area contributed by atoms with Crippen molar-refractivity contribution in [3.63, 3.8) is 0 Å². The van der Waals surface area contributed by atoms with Crippen molar-refractivity contribution in [3.05, 3.63) is 101 Å². The van der Waals surface area contributed by atoms with Crippen molar-refractivity contribution < 1.29 is 19.4 Å². The van der Waals surface area contributed by atoms with Gasteiger partial charge in [-0.3, -0.25) is 9.69 Å². The number of hydrogen-bond donors (Lipinski definition) is 1.